The van der Waals surface area contributed by atoms with E-state index in [1.54, 1.807) is 19.3 Å². The fourth-order valence-electron chi connectivity index (χ4n) is 0.857. The lowest BCUT2D eigenvalue weighted by atomic mass is 9.90. The third-order valence-corrected chi connectivity index (χ3v) is 1.27. The summed E-state index contributed by atoms with van der Waals surface area (Å²) in [6.07, 6.45) is 3.93. The average Bonchev–Trinajstić information content (AvgIpc) is 1.84. The van der Waals surface area contributed by atoms with Crippen LogP contribution in [-0.2, 0) is 9.53 Å². The van der Waals surface area contributed by atoms with Gasteiger partial charge in [0, 0.05) is 13.5 Å². The summed E-state index contributed by atoms with van der Waals surface area (Å²) in [6, 6.07) is 0. The Hall–Kier alpha value is -0.630. The summed E-state index contributed by atoms with van der Waals surface area (Å²) in [5.74, 6) is 0.166. The topological polar surface area (TPSA) is 26.3 Å². The highest BCUT2D eigenvalue weighted by atomic mass is 16.5. The second kappa shape index (κ2) is 5.09. The van der Waals surface area contributed by atoms with Crippen LogP contribution >= 0.6 is 0 Å². The van der Waals surface area contributed by atoms with Crippen molar-refractivity contribution in [2.45, 2.75) is 27.2 Å². The highest BCUT2D eigenvalue weighted by Crippen LogP contribution is 2.18. The number of carbonyl (C=O) groups is 1. The van der Waals surface area contributed by atoms with Gasteiger partial charge < -0.3 is 4.74 Å². The van der Waals surface area contributed by atoms with Crippen molar-refractivity contribution in [2.24, 2.45) is 5.41 Å². The lowest BCUT2D eigenvalue weighted by Crippen LogP contribution is -2.10. The molecule has 0 rings (SSSR count). The largest absolute Gasteiger partial charge is 0.381 e. The van der Waals surface area contributed by atoms with E-state index in [4.69, 9.17) is 4.74 Å². The fraction of sp³-hybridized carbons (Fsp3) is 0.700. The van der Waals surface area contributed by atoms with Gasteiger partial charge >= 0.3 is 0 Å². The molecule has 0 heterocycles. The summed E-state index contributed by atoms with van der Waals surface area (Å²) >= 11 is 0. The zero-order valence-corrected chi connectivity index (χ0v) is 8.39. The molecule has 0 aromatic carbocycles. The number of methoxy groups -OCH3 is 1. The summed E-state index contributed by atoms with van der Waals surface area (Å²) in [6.45, 7) is 6.66. The van der Waals surface area contributed by atoms with Crippen LogP contribution in [0.25, 0.3) is 0 Å². The van der Waals surface area contributed by atoms with Crippen LogP contribution in [0.4, 0.5) is 0 Å². The summed E-state index contributed by atoms with van der Waals surface area (Å²) in [7, 11) is 1.61. The molecule has 0 unspecified atom stereocenters. The molecule has 0 saturated carbocycles. The molecule has 0 spiro atoms. The van der Waals surface area contributed by atoms with Crippen LogP contribution in [0.5, 0.6) is 0 Å². The quantitative estimate of drug-likeness (QED) is 0.604. The molecule has 0 aromatic rings. The average molecular weight is 170 g/mol. The molecular formula is C10H18O2. The molecule has 0 aliphatic heterocycles. The molecule has 2 nitrogen and oxygen atoms in total. The normalized spacial score (nSPS) is 12.3. The number of ether oxygens (including phenoxy) is 1. The van der Waals surface area contributed by atoms with Gasteiger partial charge in [-0.1, -0.05) is 26.8 Å². The minimum Gasteiger partial charge on any atom is -0.381 e. The van der Waals surface area contributed by atoms with E-state index in [1.165, 1.54) is 0 Å². The molecule has 12 heavy (non-hydrogen) atoms. The Balaban J connectivity index is 3.75. The van der Waals surface area contributed by atoms with Gasteiger partial charge in [0.25, 0.3) is 0 Å². The van der Waals surface area contributed by atoms with Crippen LogP contribution in [0.1, 0.15) is 27.2 Å². The lowest BCUT2D eigenvalue weighted by Gasteiger charge is -2.14. The summed E-state index contributed by atoms with van der Waals surface area (Å²) < 4.78 is 4.78. The second-order valence-electron chi connectivity index (χ2n) is 4.06. The van der Waals surface area contributed by atoms with E-state index in [0.29, 0.717) is 13.0 Å². The van der Waals surface area contributed by atoms with Gasteiger partial charge in [-0.2, -0.15) is 0 Å². The molecule has 0 aromatic heterocycles. The van der Waals surface area contributed by atoms with E-state index in [2.05, 4.69) is 20.8 Å². The first kappa shape index (κ1) is 11.4. The van der Waals surface area contributed by atoms with Crippen LogP contribution in [0.2, 0.25) is 0 Å². The predicted octanol–water partition coefficient (Wildman–Crippen LogP) is 2.19. The Labute approximate surface area is 74.6 Å². The van der Waals surface area contributed by atoms with Gasteiger partial charge in [0.1, 0.15) is 0 Å². The van der Waals surface area contributed by atoms with E-state index in [-0.39, 0.29) is 11.2 Å². The standard InChI is InChI=1S/C10H18O2/c1-10(2,3)8-9(11)6-5-7-12-4/h5-6H,7-8H2,1-4H3/b6-5+. The van der Waals surface area contributed by atoms with Gasteiger partial charge in [0.2, 0.25) is 0 Å². The van der Waals surface area contributed by atoms with E-state index >= 15 is 0 Å². The number of hydrogen-bond acceptors (Lipinski definition) is 2. The van der Waals surface area contributed by atoms with E-state index in [9.17, 15) is 4.79 Å². The molecule has 70 valence electrons. The maximum Gasteiger partial charge on any atom is 0.155 e. The Kier molecular flexibility index (Phi) is 4.83. The molecule has 0 aliphatic rings. The van der Waals surface area contributed by atoms with E-state index < -0.39 is 0 Å². The highest BCUT2D eigenvalue weighted by Gasteiger charge is 2.13. The van der Waals surface area contributed by atoms with Crippen molar-refractivity contribution in [1.82, 2.24) is 0 Å². The lowest BCUT2D eigenvalue weighted by molar-refractivity contribution is -0.116. The fourth-order valence-corrected chi connectivity index (χ4v) is 0.857. The van der Waals surface area contributed by atoms with Gasteiger partial charge in [0.05, 0.1) is 6.61 Å². The van der Waals surface area contributed by atoms with E-state index in [0.717, 1.165) is 0 Å². The Bertz CT molecular complexity index is 163. The molecule has 0 atom stereocenters. The first-order valence-electron chi connectivity index (χ1n) is 4.14. The van der Waals surface area contributed by atoms with Crippen LogP contribution in [0.15, 0.2) is 12.2 Å². The molecule has 0 N–H and O–H groups in total. The van der Waals surface area contributed by atoms with Gasteiger partial charge in [-0.15, -0.1) is 0 Å². The molecule has 0 fully saturated rings. The zero-order valence-electron chi connectivity index (χ0n) is 8.39. The molecule has 2 heteroatoms. The minimum absolute atomic E-state index is 0.0779. The Morgan fingerprint density at radius 1 is 1.42 bits per heavy atom. The molecule has 0 saturated heterocycles. The first-order chi connectivity index (χ1) is 5.45. The van der Waals surface area contributed by atoms with E-state index in [1.807, 2.05) is 0 Å². The van der Waals surface area contributed by atoms with Crippen LogP contribution in [-0.4, -0.2) is 19.5 Å². The maximum absolute atomic E-state index is 11.2. The van der Waals surface area contributed by atoms with Crippen LogP contribution < -0.4 is 0 Å². The van der Waals surface area contributed by atoms with Crippen LogP contribution in [0, 0.1) is 5.41 Å². The van der Waals surface area contributed by atoms with Gasteiger partial charge in [-0.25, -0.2) is 0 Å². The maximum atomic E-state index is 11.2. The minimum atomic E-state index is 0.0779. The van der Waals surface area contributed by atoms with Crippen molar-refractivity contribution in [1.29, 1.82) is 0 Å². The third kappa shape index (κ3) is 7.48. The SMILES string of the molecule is COC/C=C/C(=O)CC(C)(C)C. The smallest absolute Gasteiger partial charge is 0.155 e. The number of carbonyl (C=O) groups excluding carboxylic acids is 1. The number of hydrogen-bond donors (Lipinski definition) is 0. The number of ketones is 1. The second-order valence-corrected chi connectivity index (χ2v) is 4.06. The van der Waals surface area contributed by atoms with Crippen molar-refractivity contribution in [3.05, 3.63) is 12.2 Å². The molecule has 0 bridgehead atoms. The van der Waals surface area contributed by atoms with Crippen molar-refractivity contribution in [3.8, 4) is 0 Å². The summed E-state index contributed by atoms with van der Waals surface area (Å²) in [5.41, 5.74) is 0.0779. The molecule has 0 radical (unpaired) electrons. The third-order valence-electron chi connectivity index (χ3n) is 1.27. The van der Waals surface area contributed by atoms with Crippen molar-refractivity contribution >= 4 is 5.78 Å². The Morgan fingerprint density at radius 3 is 2.42 bits per heavy atom. The van der Waals surface area contributed by atoms with Crippen molar-refractivity contribution in [3.63, 3.8) is 0 Å². The van der Waals surface area contributed by atoms with Crippen molar-refractivity contribution in [2.75, 3.05) is 13.7 Å². The summed E-state index contributed by atoms with van der Waals surface area (Å²) in [5, 5.41) is 0. The molecule has 0 aliphatic carbocycles. The monoisotopic (exact) mass is 170 g/mol. The highest BCUT2D eigenvalue weighted by molar-refractivity contribution is 5.89. The zero-order chi connectivity index (χ0) is 9.61. The van der Waals surface area contributed by atoms with Gasteiger partial charge in [0.15, 0.2) is 5.78 Å². The predicted molar refractivity (Wildman–Crippen MR) is 50.1 cm³/mol. The van der Waals surface area contributed by atoms with Crippen LogP contribution in [0.3, 0.4) is 0 Å². The number of rotatable bonds is 4. The molecule has 0 amide bonds. The number of allylic oxidation sites excluding steroid dienone is 1. The van der Waals surface area contributed by atoms with Crippen molar-refractivity contribution < 1.29 is 9.53 Å². The van der Waals surface area contributed by atoms with Gasteiger partial charge in [-0.05, 0) is 11.5 Å². The molecular weight excluding hydrogens is 152 g/mol. The summed E-state index contributed by atoms with van der Waals surface area (Å²) in [4.78, 5) is 11.2. The first-order valence-corrected chi connectivity index (χ1v) is 4.14. The van der Waals surface area contributed by atoms with Gasteiger partial charge in [-0.3, -0.25) is 4.79 Å². The Morgan fingerprint density at radius 2 is 2.00 bits per heavy atom.